The number of primary amides is 1. The van der Waals surface area contributed by atoms with Crippen molar-refractivity contribution in [1.29, 1.82) is 5.26 Å². The number of nitriles is 1. The Morgan fingerprint density at radius 2 is 1.97 bits per heavy atom. The Morgan fingerprint density at radius 3 is 2.59 bits per heavy atom. The van der Waals surface area contributed by atoms with E-state index >= 15 is 0 Å². The van der Waals surface area contributed by atoms with Gasteiger partial charge in [-0.25, -0.2) is 4.39 Å². The lowest BCUT2D eigenvalue weighted by Crippen LogP contribution is -2.43. The summed E-state index contributed by atoms with van der Waals surface area (Å²) in [6.45, 7) is 0.438. The van der Waals surface area contributed by atoms with Gasteiger partial charge >= 0.3 is 0 Å². The summed E-state index contributed by atoms with van der Waals surface area (Å²) in [5.74, 6) is -0.940. The number of rotatable bonds is 8. The molecule has 2 saturated carbocycles. The van der Waals surface area contributed by atoms with Crippen molar-refractivity contribution in [3.05, 3.63) is 47.4 Å². The normalized spacial score (nSPS) is 22.8. The quantitative estimate of drug-likeness (QED) is 0.584. The van der Waals surface area contributed by atoms with Crippen molar-refractivity contribution in [2.45, 2.75) is 63.1 Å². The number of halogens is 1. The van der Waals surface area contributed by atoms with Gasteiger partial charge in [0.25, 0.3) is 5.91 Å². The zero-order valence-electron chi connectivity index (χ0n) is 17.8. The van der Waals surface area contributed by atoms with Gasteiger partial charge in [0.15, 0.2) is 5.82 Å². The molecular formula is C23H27FN6O2. The molecule has 2 aromatic rings. The number of nitrogens with one attached hydrogen (secondary N) is 2. The van der Waals surface area contributed by atoms with E-state index in [0.717, 1.165) is 25.7 Å². The van der Waals surface area contributed by atoms with Gasteiger partial charge in [-0.3, -0.25) is 14.3 Å². The van der Waals surface area contributed by atoms with Crippen LogP contribution >= 0.6 is 0 Å². The van der Waals surface area contributed by atoms with Gasteiger partial charge in [0, 0.05) is 30.3 Å². The number of nitrogens with zero attached hydrogens (tertiary/aromatic N) is 3. The molecule has 1 aromatic heterocycles. The molecule has 0 unspecified atom stereocenters. The lowest BCUT2D eigenvalue weighted by Gasteiger charge is -2.39. The van der Waals surface area contributed by atoms with Crippen molar-refractivity contribution in [3.63, 3.8) is 0 Å². The molecule has 1 aromatic carbocycles. The zero-order valence-corrected chi connectivity index (χ0v) is 17.8. The van der Waals surface area contributed by atoms with Gasteiger partial charge in [0.1, 0.15) is 11.4 Å². The Kier molecular flexibility index (Phi) is 6.24. The van der Waals surface area contributed by atoms with Gasteiger partial charge < -0.3 is 16.4 Å². The molecule has 0 atom stereocenters. The van der Waals surface area contributed by atoms with Gasteiger partial charge in [0.05, 0.1) is 18.0 Å². The Balaban J connectivity index is 1.47. The minimum Gasteiger partial charge on any atom is -0.365 e. The van der Waals surface area contributed by atoms with Gasteiger partial charge in [-0.1, -0.05) is 18.2 Å². The molecule has 0 bridgehead atoms. The van der Waals surface area contributed by atoms with Crippen LogP contribution in [0.1, 0.15) is 60.9 Å². The molecule has 32 heavy (non-hydrogen) atoms. The molecular weight excluding hydrogens is 411 g/mol. The molecule has 168 valence electrons. The maximum Gasteiger partial charge on any atom is 0.254 e. The van der Waals surface area contributed by atoms with Crippen LogP contribution in [0.25, 0.3) is 0 Å². The van der Waals surface area contributed by atoms with Crippen molar-refractivity contribution < 1.29 is 14.0 Å². The van der Waals surface area contributed by atoms with Gasteiger partial charge in [0.2, 0.25) is 5.91 Å². The van der Waals surface area contributed by atoms with E-state index in [4.69, 9.17) is 5.73 Å². The number of hydrogen-bond acceptors (Lipinski definition) is 5. The van der Waals surface area contributed by atoms with E-state index in [9.17, 15) is 19.2 Å². The third-order valence-corrected chi connectivity index (χ3v) is 6.52. The summed E-state index contributed by atoms with van der Waals surface area (Å²) in [6, 6.07) is 9.12. The van der Waals surface area contributed by atoms with Crippen molar-refractivity contribution >= 4 is 17.6 Å². The largest absolute Gasteiger partial charge is 0.365 e. The van der Waals surface area contributed by atoms with Crippen molar-refractivity contribution in [2.75, 3.05) is 5.32 Å². The Labute approximate surface area is 186 Å². The molecule has 0 spiro atoms. The third-order valence-electron chi connectivity index (χ3n) is 6.52. The van der Waals surface area contributed by atoms with E-state index in [1.807, 2.05) is 6.07 Å². The fourth-order valence-corrected chi connectivity index (χ4v) is 4.34. The first-order valence-corrected chi connectivity index (χ1v) is 11.0. The molecule has 2 aliphatic rings. The maximum atomic E-state index is 13.9. The SMILES string of the molecule is N#CCC1(n2cc(C(N)=O)c(NC(=O)C3CC3)n2)CCC(NCc2ccccc2F)CC1. The van der Waals surface area contributed by atoms with E-state index in [-0.39, 0.29) is 41.5 Å². The highest BCUT2D eigenvalue weighted by Crippen LogP contribution is 2.39. The number of carbonyl (C=O) groups is 2. The molecule has 2 aliphatic carbocycles. The molecule has 0 aliphatic heterocycles. The van der Waals surface area contributed by atoms with E-state index in [0.29, 0.717) is 24.9 Å². The lowest BCUT2D eigenvalue weighted by atomic mass is 9.77. The summed E-state index contributed by atoms with van der Waals surface area (Å²) in [7, 11) is 0. The number of nitrogens with two attached hydrogens (primary N) is 1. The van der Waals surface area contributed by atoms with Crippen LogP contribution < -0.4 is 16.4 Å². The average Bonchev–Trinajstić information content (AvgIpc) is 3.54. The van der Waals surface area contributed by atoms with Gasteiger partial charge in [-0.15, -0.1) is 0 Å². The lowest BCUT2D eigenvalue weighted by molar-refractivity contribution is -0.117. The highest BCUT2D eigenvalue weighted by molar-refractivity contribution is 6.02. The summed E-state index contributed by atoms with van der Waals surface area (Å²) in [6.07, 6.45) is 6.29. The minimum absolute atomic E-state index is 0.0371. The monoisotopic (exact) mass is 438 g/mol. The fraction of sp³-hybridized carbons (Fsp3) is 0.478. The maximum absolute atomic E-state index is 13.9. The van der Waals surface area contributed by atoms with Crippen LogP contribution in [0.2, 0.25) is 0 Å². The van der Waals surface area contributed by atoms with Crippen LogP contribution in [-0.2, 0) is 16.9 Å². The van der Waals surface area contributed by atoms with Crippen LogP contribution in [-0.4, -0.2) is 27.6 Å². The number of anilines is 1. The van der Waals surface area contributed by atoms with Crippen molar-refractivity contribution in [2.24, 2.45) is 11.7 Å². The summed E-state index contributed by atoms with van der Waals surface area (Å²) >= 11 is 0. The van der Waals surface area contributed by atoms with Gasteiger partial charge in [-0.2, -0.15) is 10.4 Å². The summed E-state index contributed by atoms with van der Waals surface area (Å²) in [5, 5.41) is 20.1. The van der Waals surface area contributed by atoms with Gasteiger partial charge in [-0.05, 0) is 44.6 Å². The molecule has 4 rings (SSSR count). The standard InChI is InChI=1S/C23H27FN6O2/c24-19-4-2-1-3-16(19)13-27-17-7-9-23(10-8-17,11-12-25)30-14-18(20(26)31)21(29-30)28-22(32)15-5-6-15/h1-4,14-15,17,27H,5-11,13H2,(H2,26,31)(H,28,29,32). The van der Waals surface area contributed by atoms with Crippen LogP contribution in [0.4, 0.5) is 10.2 Å². The van der Waals surface area contributed by atoms with Crippen LogP contribution in [0.3, 0.4) is 0 Å². The summed E-state index contributed by atoms with van der Waals surface area (Å²) in [5.41, 5.74) is 5.71. The average molecular weight is 439 g/mol. The topological polar surface area (TPSA) is 126 Å². The number of aromatic nitrogens is 2. The van der Waals surface area contributed by atoms with Crippen molar-refractivity contribution in [1.82, 2.24) is 15.1 Å². The summed E-state index contributed by atoms with van der Waals surface area (Å²) < 4.78 is 15.5. The first-order valence-electron chi connectivity index (χ1n) is 11.0. The Morgan fingerprint density at radius 1 is 1.25 bits per heavy atom. The molecule has 0 saturated heterocycles. The highest BCUT2D eigenvalue weighted by atomic mass is 19.1. The molecule has 2 fully saturated rings. The highest BCUT2D eigenvalue weighted by Gasteiger charge is 2.39. The number of amides is 2. The minimum atomic E-state index is -0.672. The smallest absolute Gasteiger partial charge is 0.254 e. The molecule has 2 amide bonds. The second-order valence-electron chi connectivity index (χ2n) is 8.77. The Bertz CT molecular complexity index is 1050. The predicted octanol–water partition coefficient (Wildman–Crippen LogP) is 2.81. The second-order valence-corrected chi connectivity index (χ2v) is 8.77. The van der Waals surface area contributed by atoms with Crippen LogP contribution in [0.15, 0.2) is 30.5 Å². The number of carbonyl (C=O) groups excluding carboxylic acids is 2. The fourth-order valence-electron chi connectivity index (χ4n) is 4.34. The molecule has 8 nitrogen and oxygen atoms in total. The van der Waals surface area contributed by atoms with Crippen LogP contribution in [0.5, 0.6) is 0 Å². The summed E-state index contributed by atoms with van der Waals surface area (Å²) in [4.78, 5) is 24.2. The van der Waals surface area contributed by atoms with E-state index in [2.05, 4.69) is 21.8 Å². The van der Waals surface area contributed by atoms with Crippen LogP contribution in [0, 0.1) is 23.1 Å². The molecule has 9 heteroatoms. The van der Waals surface area contributed by atoms with Crippen molar-refractivity contribution in [3.8, 4) is 6.07 Å². The van der Waals surface area contributed by atoms with E-state index < -0.39 is 11.4 Å². The number of hydrogen-bond donors (Lipinski definition) is 3. The van der Waals surface area contributed by atoms with E-state index in [1.54, 1.807) is 23.0 Å². The number of benzene rings is 1. The first-order chi connectivity index (χ1) is 15.4. The Hall–Kier alpha value is -3.25. The second kappa shape index (κ2) is 9.09. The molecule has 1 heterocycles. The molecule has 4 N–H and O–H groups in total. The predicted molar refractivity (Wildman–Crippen MR) is 116 cm³/mol. The zero-order chi connectivity index (χ0) is 22.7. The first kappa shape index (κ1) is 22.0. The van der Waals surface area contributed by atoms with E-state index in [1.165, 1.54) is 6.07 Å². The third kappa shape index (κ3) is 4.65. The molecule has 0 radical (unpaired) electrons.